The Labute approximate surface area is 124 Å². The van der Waals surface area contributed by atoms with Gasteiger partial charge >= 0.3 is 0 Å². The van der Waals surface area contributed by atoms with Crippen molar-refractivity contribution in [3.05, 3.63) is 17.5 Å². The Morgan fingerprint density at radius 3 is 2.89 bits per heavy atom. The zero-order chi connectivity index (χ0) is 14.1. The van der Waals surface area contributed by atoms with Gasteiger partial charge in [-0.05, 0) is 49.9 Å². The number of thioether (sulfide) groups is 1. The highest BCUT2D eigenvalue weighted by molar-refractivity contribution is 8.01. The molecule has 3 N–H and O–H groups in total. The SMILES string of the molecule is CCCNC(C)(CCCCSc1cccs1)C(N)=O. The molecule has 1 amide bonds. The first kappa shape index (κ1) is 16.5. The summed E-state index contributed by atoms with van der Waals surface area (Å²) >= 11 is 3.66. The van der Waals surface area contributed by atoms with Crippen molar-refractivity contribution in [3.63, 3.8) is 0 Å². The summed E-state index contributed by atoms with van der Waals surface area (Å²) in [7, 11) is 0. The van der Waals surface area contributed by atoms with Crippen LogP contribution in [0.15, 0.2) is 21.7 Å². The summed E-state index contributed by atoms with van der Waals surface area (Å²) in [4.78, 5) is 11.5. The molecule has 5 heteroatoms. The third-order valence-corrected chi connectivity index (χ3v) is 5.34. The van der Waals surface area contributed by atoms with Crippen molar-refractivity contribution in [1.29, 1.82) is 0 Å². The first-order valence-electron chi connectivity index (χ1n) is 6.79. The van der Waals surface area contributed by atoms with Gasteiger partial charge < -0.3 is 11.1 Å². The topological polar surface area (TPSA) is 55.1 Å². The smallest absolute Gasteiger partial charge is 0.237 e. The molecule has 1 aromatic rings. The average molecular weight is 300 g/mol. The van der Waals surface area contributed by atoms with Crippen LogP contribution in [0.1, 0.15) is 39.5 Å². The number of primary amides is 1. The van der Waals surface area contributed by atoms with E-state index in [1.807, 2.05) is 18.7 Å². The fraction of sp³-hybridized carbons (Fsp3) is 0.643. The number of carbonyl (C=O) groups is 1. The quantitative estimate of drug-likeness (QED) is 0.515. The van der Waals surface area contributed by atoms with Crippen LogP contribution in [0.25, 0.3) is 0 Å². The summed E-state index contributed by atoms with van der Waals surface area (Å²) in [6.07, 6.45) is 3.96. The molecular formula is C14H24N2OS2. The van der Waals surface area contributed by atoms with E-state index in [2.05, 4.69) is 29.8 Å². The monoisotopic (exact) mass is 300 g/mol. The maximum absolute atomic E-state index is 11.5. The van der Waals surface area contributed by atoms with Gasteiger partial charge in [0.15, 0.2) is 0 Å². The molecule has 0 radical (unpaired) electrons. The second-order valence-corrected chi connectivity index (χ2v) is 7.20. The van der Waals surface area contributed by atoms with Gasteiger partial charge in [0.2, 0.25) is 5.91 Å². The van der Waals surface area contributed by atoms with Gasteiger partial charge in [-0.2, -0.15) is 0 Å². The largest absolute Gasteiger partial charge is 0.368 e. The van der Waals surface area contributed by atoms with E-state index in [1.165, 1.54) is 4.21 Å². The van der Waals surface area contributed by atoms with Crippen LogP contribution in [0.5, 0.6) is 0 Å². The highest BCUT2D eigenvalue weighted by Crippen LogP contribution is 2.25. The molecule has 0 saturated carbocycles. The van der Waals surface area contributed by atoms with E-state index >= 15 is 0 Å². The number of nitrogens with one attached hydrogen (secondary N) is 1. The van der Waals surface area contributed by atoms with E-state index in [0.717, 1.165) is 38.0 Å². The zero-order valence-electron chi connectivity index (χ0n) is 11.8. The van der Waals surface area contributed by atoms with Crippen LogP contribution in [0.2, 0.25) is 0 Å². The third-order valence-electron chi connectivity index (χ3n) is 3.12. The fourth-order valence-corrected chi connectivity index (χ4v) is 3.66. The van der Waals surface area contributed by atoms with Crippen LogP contribution in [0.3, 0.4) is 0 Å². The summed E-state index contributed by atoms with van der Waals surface area (Å²) in [6.45, 7) is 4.84. The lowest BCUT2D eigenvalue weighted by atomic mass is 9.94. The number of thiophene rings is 1. The molecule has 1 rings (SSSR count). The number of hydrogen-bond acceptors (Lipinski definition) is 4. The molecule has 1 unspecified atom stereocenters. The van der Waals surface area contributed by atoms with Crippen molar-refractivity contribution < 1.29 is 4.79 Å². The van der Waals surface area contributed by atoms with Gasteiger partial charge in [0.25, 0.3) is 0 Å². The molecule has 1 aromatic heterocycles. The van der Waals surface area contributed by atoms with Crippen molar-refractivity contribution in [2.75, 3.05) is 12.3 Å². The molecular weight excluding hydrogens is 276 g/mol. The first-order chi connectivity index (χ1) is 9.08. The first-order valence-corrected chi connectivity index (χ1v) is 8.66. The Morgan fingerprint density at radius 2 is 2.32 bits per heavy atom. The van der Waals surface area contributed by atoms with Gasteiger partial charge in [-0.15, -0.1) is 23.1 Å². The summed E-state index contributed by atoms with van der Waals surface area (Å²) < 4.78 is 1.36. The summed E-state index contributed by atoms with van der Waals surface area (Å²) in [5, 5.41) is 5.37. The van der Waals surface area contributed by atoms with Crippen LogP contribution in [-0.4, -0.2) is 23.7 Å². The molecule has 19 heavy (non-hydrogen) atoms. The van der Waals surface area contributed by atoms with E-state index < -0.39 is 5.54 Å². The van der Waals surface area contributed by atoms with E-state index in [4.69, 9.17) is 5.73 Å². The normalized spacial score (nSPS) is 14.2. The fourth-order valence-electron chi connectivity index (χ4n) is 1.80. The van der Waals surface area contributed by atoms with E-state index in [0.29, 0.717) is 0 Å². The minimum absolute atomic E-state index is 0.244. The number of unbranched alkanes of at least 4 members (excludes halogenated alkanes) is 1. The molecule has 3 nitrogen and oxygen atoms in total. The lowest BCUT2D eigenvalue weighted by Gasteiger charge is -2.27. The van der Waals surface area contributed by atoms with Crippen LogP contribution in [0.4, 0.5) is 0 Å². The second-order valence-electron chi connectivity index (χ2n) is 4.86. The Bertz CT molecular complexity index is 368. The molecule has 108 valence electrons. The van der Waals surface area contributed by atoms with Crippen LogP contribution < -0.4 is 11.1 Å². The minimum atomic E-state index is -0.552. The van der Waals surface area contributed by atoms with Crippen LogP contribution in [-0.2, 0) is 4.79 Å². The maximum Gasteiger partial charge on any atom is 0.237 e. The van der Waals surface area contributed by atoms with Crippen molar-refractivity contribution >= 4 is 29.0 Å². The number of nitrogens with two attached hydrogens (primary N) is 1. The maximum atomic E-state index is 11.5. The van der Waals surface area contributed by atoms with Gasteiger partial charge in [0.05, 0.1) is 9.75 Å². The summed E-state index contributed by atoms with van der Waals surface area (Å²) in [6, 6.07) is 4.22. The summed E-state index contributed by atoms with van der Waals surface area (Å²) in [5.74, 6) is 0.857. The Hall–Kier alpha value is -0.520. The zero-order valence-corrected chi connectivity index (χ0v) is 13.4. The molecule has 0 aliphatic rings. The highest BCUT2D eigenvalue weighted by atomic mass is 32.2. The molecule has 0 aromatic carbocycles. The van der Waals surface area contributed by atoms with Gasteiger partial charge in [-0.1, -0.05) is 19.4 Å². The molecule has 0 saturated heterocycles. The predicted octanol–water partition coefficient (Wildman–Crippen LogP) is 3.25. The number of rotatable bonds is 10. The Kier molecular flexibility index (Phi) is 7.49. The van der Waals surface area contributed by atoms with E-state index in [-0.39, 0.29) is 5.91 Å². The Morgan fingerprint density at radius 1 is 1.53 bits per heavy atom. The second kappa shape index (κ2) is 8.61. The van der Waals surface area contributed by atoms with Gasteiger partial charge in [-0.3, -0.25) is 4.79 Å². The van der Waals surface area contributed by atoms with Gasteiger partial charge in [-0.25, -0.2) is 0 Å². The molecule has 0 fully saturated rings. The predicted molar refractivity (Wildman–Crippen MR) is 84.8 cm³/mol. The van der Waals surface area contributed by atoms with Crippen molar-refractivity contribution in [3.8, 4) is 0 Å². The van der Waals surface area contributed by atoms with Crippen LogP contribution in [0, 0.1) is 0 Å². The molecule has 0 spiro atoms. The number of hydrogen-bond donors (Lipinski definition) is 2. The molecule has 0 bridgehead atoms. The average Bonchev–Trinajstić information content (AvgIpc) is 2.89. The highest BCUT2D eigenvalue weighted by Gasteiger charge is 2.29. The molecule has 1 heterocycles. The molecule has 0 aliphatic carbocycles. The third kappa shape index (κ3) is 5.97. The lowest BCUT2D eigenvalue weighted by molar-refractivity contribution is -0.124. The van der Waals surface area contributed by atoms with Crippen molar-refractivity contribution in [2.24, 2.45) is 5.73 Å². The van der Waals surface area contributed by atoms with E-state index in [9.17, 15) is 4.79 Å². The summed E-state index contributed by atoms with van der Waals surface area (Å²) in [5.41, 5.74) is 4.95. The molecule has 0 aliphatic heterocycles. The molecule has 1 atom stereocenters. The lowest BCUT2D eigenvalue weighted by Crippen LogP contribution is -2.53. The Balaban J connectivity index is 2.22. The standard InChI is InChI=1S/C14H24N2OS2/c1-3-9-16-14(2,13(15)17)8-4-5-10-18-12-7-6-11-19-12/h6-7,11,16H,3-5,8-10H2,1-2H3,(H2,15,17). The van der Waals surface area contributed by atoms with Gasteiger partial charge in [0.1, 0.15) is 0 Å². The van der Waals surface area contributed by atoms with E-state index in [1.54, 1.807) is 11.3 Å². The van der Waals surface area contributed by atoms with Crippen molar-refractivity contribution in [1.82, 2.24) is 5.32 Å². The minimum Gasteiger partial charge on any atom is -0.368 e. The number of amides is 1. The van der Waals surface area contributed by atoms with Crippen LogP contribution >= 0.6 is 23.1 Å². The number of carbonyl (C=O) groups excluding carboxylic acids is 1. The van der Waals surface area contributed by atoms with Gasteiger partial charge in [0, 0.05) is 0 Å². The van der Waals surface area contributed by atoms with Crippen molar-refractivity contribution in [2.45, 2.75) is 49.3 Å².